The zero-order valence-corrected chi connectivity index (χ0v) is 7.26. The number of amides is 1. The molecule has 5 heteroatoms. The third-order valence-corrected chi connectivity index (χ3v) is 1.46. The van der Waals surface area contributed by atoms with Gasteiger partial charge in [0.1, 0.15) is 0 Å². The highest BCUT2D eigenvalue weighted by Crippen LogP contribution is 1.81. The summed E-state index contributed by atoms with van der Waals surface area (Å²) in [5, 5.41) is 13.5. The number of likely N-dealkylation sites (N-methyl/N-ethyl adjacent to an activating group) is 1. The number of carboxylic acid groups (broad SMARTS) is 1. The zero-order valence-electron chi connectivity index (χ0n) is 7.26. The van der Waals surface area contributed by atoms with Crippen LogP contribution in [0.3, 0.4) is 0 Å². The number of hydrogen-bond acceptors (Lipinski definition) is 3. The summed E-state index contributed by atoms with van der Waals surface area (Å²) in [6, 6.07) is -0.279. The Hall–Kier alpha value is -1.10. The first-order valence-corrected chi connectivity index (χ1v) is 3.74. The monoisotopic (exact) mass is 174 g/mol. The molecule has 12 heavy (non-hydrogen) atoms. The number of rotatable bonds is 5. The van der Waals surface area contributed by atoms with Gasteiger partial charge in [0.05, 0.1) is 12.5 Å². The Morgan fingerprint density at radius 1 is 1.50 bits per heavy atom. The lowest BCUT2D eigenvalue weighted by Crippen LogP contribution is -2.41. The normalized spacial score (nSPS) is 12.2. The molecule has 0 radical (unpaired) electrons. The van der Waals surface area contributed by atoms with Crippen molar-refractivity contribution in [2.75, 3.05) is 13.6 Å². The van der Waals surface area contributed by atoms with Crippen LogP contribution < -0.4 is 10.6 Å². The van der Waals surface area contributed by atoms with Gasteiger partial charge in [-0.3, -0.25) is 9.59 Å². The van der Waals surface area contributed by atoms with E-state index in [-0.39, 0.29) is 24.9 Å². The maximum absolute atomic E-state index is 11.0. The van der Waals surface area contributed by atoms with E-state index in [1.807, 2.05) is 0 Å². The maximum atomic E-state index is 11.0. The first-order chi connectivity index (χ1) is 5.57. The molecule has 1 unspecified atom stereocenters. The fourth-order valence-corrected chi connectivity index (χ4v) is 0.577. The molecule has 0 bridgehead atoms. The van der Waals surface area contributed by atoms with E-state index >= 15 is 0 Å². The van der Waals surface area contributed by atoms with E-state index in [0.717, 1.165) is 0 Å². The lowest BCUT2D eigenvalue weighted by molar-refractivity contribution is -0.136. The van der Waals surface area contributed by atoms with Gasteiger partial charge in [0.2, 0.25) is 5.91 Å². The molecule has 0 aliphatic carbocycles. The minimum atomic E-state index is -0.910. The van der Waals surface area contributed by atoms with E-state index in [1.54, 1.807) is 14.0 Å². The van der Waals surface area contributed by atoms with Crippen LogP contribution in [-0.2, 0) is 9.59 Å². The molecular weight excluding hydrogens is 160 g/mol. The van der Waals surface area contributed by atoms with Crippen LogP contribution in [0.4, 0.5) is 0 Å². The fourth-order valence-electron chi connectivity index (χ4n) is 0.577. The summed E-state index contributed by atoms with van der Waals surface area (Å²) in [6.07, 6.45) is -0.0395. The third-order valence-electron chi connectivity index (χ3n) is 1.46. The smallest absolute Gasteiger partial charge is 0.305 e. The van der Waals surface area contributed by atoms with Crippen LogP contribution in [0.15, 0.2) is 0 Å². The predicted octanol–water partition coefficient (Wildman–Crippen LogP) is -0.815. The van der Waals surface area contributed by atoms with Crippen molar-refractivity contribution in [2.45, 2.75) is 19.4 Å². The average molecular weight is 174 g/mol. The second kappa shape index (κ2) is 5.54. The van der Waals surface area contributed by atoms with E-state index in [2.05, 4.69) is 10.6 Å². The second-order valence-electron chi connectivity index (χ2n) is 2.45. The Labute approximate surface area is 71.1 Å². The molecule has 1 amide bonds. The van der Waals surface area contributed by atoms with Crippen molar-refractivity contribution in [1.29, 1.82) is 0 Å². The number of carboxylic acids is 1. The lowest BCUT2D eigenvalue weighted by Gasteiger charge is -2.09. The summed E-state index contributed by atoms with van der Waals surface area (Å²) in [6.45, 7) is 1.89. The van der Waals surface area contributed by atoms with Crippen LogP contribution in [0.5, 0.6) is 0 Å². The predicted molar refractivity (Wildman–Crippen MR) is 43.8 cm³/mol. The number of aliphatic carboxylic acids is 1. The van der Waals surface area contributed by atoms with Crippen molar-refractivity contribution >= 4 is 11.9 Å². The molecule has 0 saturated carbocycles. The van der Waals surface area contributed by atoms with Crippen molar-refractivity contribution in [3.8, 4) is 0 Å². The Morgan fingerprint density at radius 3 is 2.50 bits per heavy atom. The lowest BCUT2D eigenvalue weighted by atomic mass is 10.3. The summed E-state index contributed by atoms with van der Waals surface area (Å²) in [4.78, 5) is 21.0. The van der Waals surface area contributed by atoms with Crippen molar-refractivity contribution in [2.24, 2.45) is 0 Å². The quantitative estimate of drug-likeness (QED) is 0.509. The molecule has 3 N–H and O–H groups in total. The Kier molecular flexibility index (Phi) is 5.03. The van der Waals surface area contributed by atoms with Gasteiger partial charge in [-0.05, 0) is 14.0 Å². The van der Waals surface area contributed by atoms with Crippen molar-refractivity contribution in [3.05, 3.63) is 0 Å². The topological polar surface area (TPSA) is 78.4 Å². The van der Waals surface area contributed by atoms with Gasteiger partial charge in [0.25, 0.3) is 0 Å². The summed E-state index contributed by atoms with van der Waals surface area (Å²) in [7, 11) is 1.67. The van der Waals surface area contributed by atoms with Crippen molar-refractivity contribution in [3.63, 3.8) is 0 Å². The molecule has 0 spiro atoms. The second-order valence-corrected chi connectivity index (χ2v) is 2.45. The molecule has 0 aliphatic rings. The fraction of sp³-hybridized carbons (Fsp3) is 0.714. The van der Waals surface area contributed by atoms with Gasteiger partial charge in [-0.25, -0.2) is 0 Å². The number of carbonyl (C=O) groups is 2. The highest BCUT2D eigenvalue weighted by Gasteiger charge is 2.08. The molecule has 1 atom stereocenters. The van der Waals surface area contributed by atoms with Crippen LogP contribution in [-0.4, -0.2) is 36.6 Å². The van der Waals surface area contributed by atoms with E-state index in [4.69, 9.17) is 5.11 Å². The molecule has 0 aromatic rings. The summed E-state index contributed by atoms with van der Waals surface area (Å²) >= 11 is 0. The van der Waals surface area contributed by atoms with Crippen LogP contribution in [0, 0.1) is 0 Å². The molecule has 0 aliphatic heterocycles. The van der Waals surface area contributed by atoms with E-state index in [1.165, 1.54) is 0 Å². The largest absolute Gasteiger partial charge is 0.481 e. The van der Waals surface area contributed by atoms with Gasteiger partial charge < -0.3 is 15.7 Å². The van der Waals surface area contributed by atoms with E-state index in [9.17, 15) is 9.59 Å². The Bertz CT molecular complexity index is 170. The summed E-state index contributed by atoms with van der Waals surface area (Å²) in [5.74, 6) is -1.09. The highest BCUT2D eigenvalue weighted by molar-refractivity contribution is 5.81. The van der Waals surface area contributed by atoms with Gasteiger partial charge in [-0.2, -0.15) is 0 Å². The van der Waals surface area contributed by atoms with E-state index in [0.29, 0.717) is 0 Å². The Morgan fingerprint density at radius 2 is 2.08 bits per heavy atom. The van der Waals surface area contributed by atoms with Gasteiger partial charge >= 0.3 is 5.97 Å². The first-order valence-electron chi connectivity index (χ1n) is 3.74. The number of nitrogens with one attached hydrogen (secondary N) is 2. The summed E-state index contributed by atoms with van der Waals surface area (Å²) in [5.41, 5.74) is 0. The molecule has 70 valence electrons. The van der Waals surface area contributed by atoms with Crippen molar-refractivity contribution < 1.29 is 14.7 Å². The maximum Gasteiger partial charge on any atom is 0.305 e. The van der Waals surface area contributed by atoms with E-state index < -0.39 is 5.97 Å². The number of hydrogen-bond donors (Lipinski definition) is 3. The Balaban J connectivity index is 3.50. The highest BCUT2D eigenvalue weighted by atomic mass is 16.4. The van der Waals surface area contributed by atoms with Crippen LogP contribution in [0.2, 0.25) is 0 Å². The SMILES string of the molecule is CNC(C)C(=O)NCCC(=O)O. The van der Waals surface area contributed by atoms with Gasteiger partial charge in [-0.15, -0.1) is 0 Å². The van der Waals surface area contributed by atoms with Gasteiger partial charge in [0.15, 0.2) is 0 Å². The molecule has 0 saturated heterocycles. The van der Waals surface area contributed by atoms with Gasteiger partial charge in [-0.1, -0.05) is 0 Å². The molecule has 0 fully saturated rings. The zero-order chi connectivity index (χ0) is 9.56. The molecule has 0 rings (SSSR count). The first kappa shape index (κ1) is 10.9. The minimum Gasteiger partial charge on any atom is -0.481 e. The standard InChI is InChI=1S/C7H14N2O3/c1-5(8-2)7(12)9-4-3-6(10)11/h5,8H,3-4H2,1-2H3,(H,9,12)(H,10,11). The molecular formula is C7H14N2O3. The third kappa shape index (κ3) is 4.68. The van der Waals surface area contributed by atoms with Crippen molar-refractivity contribution in [1.82, 2.24) is 10.6 Å². The van der Waals surface area contributed by atoms with Crippen LogP contribution in [0.25, 0.3) is 0 Å². The average Bonchev–Trinajstić information content (AvgIpc) is 2.02. The van der Waals surface area contributed by atoms with Gasteiger partial charge in [0, 0.05) is 6.54 Å². The summed E-state index contributed by atoms with van der Waals surface area (Å²) < 4.78 is 0. The molecule has 0 aromatic carbocycles. The van der Waals surface area contributed by atoms with Crippen LogP contribution in [0.1, 0.15) is 13.3 Å². The minimum absolute atomic E-state index is 0.0395. The molecule has 0 heterocycles. The van der Waals surface area contributed by atoms with Crippen LogP contribution >= 0.6 is 0 Å². The number of carbonyl (C=O) groups excluding carboxylic acids is 1. The molecule has 5 nitrogen and oxygen atoms in total. The molecule has 0 aromatic heterocycles.